The molecule has 1 fully saturated rings. The van der Waals surface area contributed by atoms with E-state index in [1.54, 1.807) is 0 Å². The highest BCUT2D eigenvalue weighted by Gasteiger charge is 2.26. The van der Waals surface area contributed by atoms with E-state index in [0.717, 1.165) is 39.0 Å². The minimum absolute atomic E-state index is 0.150. The zero-order valence-corrected chi connectivity index (χ0v) is 7.95. The topological polar surface area (TPSA) is 35.5 Å². The van der Waals surface area contributed by atoms with E-state index < -0.39 is 0 Å². The molecular formula is C10H18N2O. The Morgan fingerprint density at radius 1 is 1.15 bits per heavy atom. The van der Waals surface area contributed by atoms with E-state index in [1.165, 1.54) is 0 Å². The first-order chi connectivity index (χ1) is 6.38. The van der Waals surface area contributed by atoms with Crippen molar-refractivity contribution < 1.29 is 5.11 Å². The monoisotopic (exact) mass is 182 g/mol. The maximum atomic E-state index is 9.81. The molecule has 2 N–H and O–H groups in total. The van der Waals surface area contributed by atoms with E-state index in [4.69, 9.17) is 0 Å². The normalized spacial score (nSPS) is 36.4. The lowest BCUT2D eigenvalue weighted by Gasteiger charge is -2.38. The third-order valence-electron chi connectivity index (χ3n) is 2.99. The van der Waals surface area contributed by atoms with Gasteiger partial charge in [-0.05, 0) is 12.8 Å². The van der Waals surface area contributed by atoms with E-state index in [0.29, 0.717) is 6.04 Å². The maximum Gasteiger partial charge on any atom is 0.0732 e. The van der Waals surface area contributed by atoms with E-state index in [-0.39, 0.29) is 6.10 Å². The molecule has 1 saturated heterocycles. The molecule has 2 rings (SSSR count). The Morgan fingerprint density at radius 3 is 2.54 bits per heavy atom. The first kappa shape index (κ1) is 9.19. The van der Waals surface area contributed by atoms with Crippen molar-refractivity contribution in [2.24, 2.45) is 0 Å². The third-order valence-corrected chi connectivity index (χ3v) is 2.99. The highest BCUT2D eigenvalue weighted by Crippen LogP contribution is 2.18. The molecule has 0 aromatic rings. The van der Waals surface area contributed by atoms with Gasteiger partial charge in [-0.3, -0.25) is 4.90 Å². The molecule has 0 bridgehead atoms. The summed E-state index contributed by atoms with van der Waals surface area (Å²) in [7, 11) is 0. The van der Waals surface area contributed by atoms with E-state index >= 15 is 0 Å². The lowest BCUT2D eigenvalue weighted by atomic mass is 9.96. The van der Waals surface area contributed by atoms with Crippen LogP contribution in [0.2, 0.25) is 0 Å². The number of hydrogen-bond acceptors (Lipinski definition) is 3. The fraction of sp³-hybridized carbons (Fsp3) is 0.800. The number of rotatable bonds is 1. The van der Waals surface area contributed by atoms with Crippen molar-refractivity contribution >= 4 is 0 Å². The lowest BCUT2D eigenvalue weighted by molar-refractivity contribution is 0.0410. The Morgan fingerprint density at radius 2 is 1.85 bits per heavy atom. The highest BCUT2D eigenvalue weighted by atomic mass is 16.3. The molecule has 0 saturated carbocycles. The molecule has 0 aromatic heterocycles. The Bertz CT molecular complexity index is 187. The van der Waals surface area contributed by atoms with Gasteiger partial charge < -0.3 is 10.4 Å². The van der Waals surface area contributed by atoms with Gasteiger partial charge in [-0.1, -0.05) is 12.2 Å². The average Bonchev–Trinajstić information content (AvgIpc) is 2.20. The smallest absolute Gasteiger partial charge is 0.0732 e. The summed E-state index contributed by atoms with van der Waals surface area (Å²) in [4.78, 5) is 2.41. The minimum Gasteiger partial charge on any atom is -0.391 e. The Hall–Kier alpha value is -0.380. The van der Waals surface area contributed by atoms with Gasteiger partial charge in [-0.25, -0.2) is 0 Å². The van der Waals surface area contributed by atoms with Crippen molar-refractivity contribution in [1.29, 1.82) is 0 Å². The van der Waals surface area contributed by atoms with Gasteiger partial charge >= 0.3 is 0 Å². The lowest BCUT2D eigenvalue weighted by Crippen LogP contribution is -2.52. The predicted molar refractivity (Wildman–Crippen MR) is 52.6 cm³/mol. The first-order valence-electron chi connectivity index (χ1n) is 5.16. The van der Waals surface area contributed by atoms with Crippen molar-refractivity contribution in [3.63, 3.8) is 0 Å². The Kier molecular flexibility index (Phi) is 2.98. The van der Waals surface area contributed by atoms with Crippen molar-refractivity contribution in [1.82, 2.24) is 10.2 Å². The summed E-state index contributed by atoms with van der Waals surface area (Å²) in [5.74, 6) is 0. The van der Waals surface area contributed by atoms with Gasteiger partial charge in [0.15, 0.2) is 0 Å². The molecule has 0 spiro atoms. The van der Waals surface area contributed by atoms with Crippen molar-refractivity contribution in [3.05, 3.63) is 12.2 Å². The molecule has 1 aliphatic heterocycles. The number of hydrogen-bond donors (Lipinski definition) is 2. The Balaban J connectivity index is 1.93. The second-order valence-electron chi connectivity index (χ2n) is 3.86. The van der Waals surface area contributed by atoms with Crippen LogP contribution in [0.25, 0.3) is 0 Å². The summed E-state index contributed by atoms with van der Waals surface area (Å²) in [6.07, 6.45) is 5.97. The van der Waals surface area contributed by atoms with Crippen LogP contribution in [-0.2, 0) is 0 Å². The molecule has 0 amide bonds. The van der Waals surface area contributed by atoms with Gasteiger partial charge in [-0.2, -0.15) is 0 Å². The van der Waals surface area contributed by atoms with Crippen molar-refractivity contribution in [3.8, 4) is 0 Å². The van der Waals surface area contributed by atoms with Gasteiger partial charge in [0, 0.05) is 32.2 Å². The molecule has 3 nitrogen and oxygen atoms in total. The van der Waals surface area contributed by atoms with Gasteiger partial charge in [0.05, 0.1) is 6.10 Å². The van der Waals surface area contributed by atoms with Crippen LogP contribution < -0.4 is 5.32 Å². The van der Waals surface area contributed by atoms with Crippen molar-refractivity contribution in [2.75, 3.05) is 26.2 Å². The SMILES string of the molecule is OC1CC=CCC1N1CCNCC1. The van der Waals surface area contributed by atoms with Crippen LogP contribution >= 0.6 is 0 Å². The molecule has 1 aliphatic carbocycles. The van der Waals surface area contributed by atoms with Crippen LogP contribution in [0.5, 0.6) is 0 Å². The zero-order valence-electron chi connectivity index (χ0n) is 7.95. The quantitative estimate of drug-likeness (QED) is 0.559. The number of aliphatic hydroxyl groups excluding tert-OH is 1. The van der Waals surface area contributed by atoms with Crippen LogP contribution in [-0.4, -0.2) is 48.3 Å². The molecule has 0 radical (unpaired) electrons. The largest absolute Gasteiger partial charge is 0.391 e. The van der Waals surface area contributed by atoms with Crippen LogP contribution in [0.1, 0.15) is 12.8 Å². The summed E-state index contributed by atoms with van der Waals surface area (Å²) in [5, 5.41) is 13.1. The van der Waals surface area contributed by atoms with Crippen LogP contribution in [0.3, 0.4) is 0 Å². The second kappa shape index (κ2) is 4.22. The standard InChI is InChI=1S/C10H18N2O/c13-10-4-2-1-3-9(10)12-7-5-11-6-8-12/h1-2,9-11,13H,3-8H2. The minimum atomic E-state index is -0.150. The van der Waals surface area contributed by atoms with E-state index in [1.807, 2.05) is 0 Å². The summed E-state index contributed by atoms with van der Waals surface area (Å²) in [5.41, 5.74) is 0. The highest BCUT2D eigenvalue weighted by molar-refractivity contribution is 4.99. The summed E-state index contributed by atoms with van der Waals surface area (Å²) in [6.45, 7) is 4.28. The van der Waals surface area contributed by atoms with Crippen LogP contribution in [0.15, 0.2) is 12.2 Å². The molecule has 0 aromatic carbocycles. The fourth-order valence-electron chi connectivity index (χ4n) is 2.19. The van der Waals surface area contributed by atoms with Gasteiger partial charge in [0.2, 0.25) is 0 Å². The predicted octanol–water partition coefficient (Wildman–Crippen LogP) is -0.0289. The summed E-state index contributed by atoms with van der Waals surface area (Å²) < 4.78 is 0. The third kappa shape index (κ3) is 2.10. The molecular weight excluding hydrogens is 164 g/mol. The number of nitrogens with one attached hydrogen (secondary N) is 1. The number of piperazine rings is 1. The van der Waals surface area contributed by atoms with Crippen LogP contribution in [0, 0.1) is 0 Å². The number of nitrogens with zero attached hydrogens (tertiary/aromatic N) is 1. The van der Waals surface area contributed by atoms with Crippen LogP contribution in [0.4, 0.5) is 0 Å². The molecule has 2 atom stereocenters. The molecule has 1 heterocycles. The summed E-state index contributed by atoms with van der Waals surface area (Å²) >= 11 is 0. The Labute approximate surface area is 79.4 Å². The molecule has 13 heavy (non-hydrogen) atoms. The summed E-state index contributed by atoms with van der Waals surface area (Å²) in [6, 6.07) is 0.368. The average molecular weight is 182 g/mol. The van der Waals surface area contributed by atoms with E-state index in [9.17, 15) is 5.11 Å². The maximum absolute atomic E-state index is 9.81. The van der Waals surface area contributed by atoms with Gasteiger partial charge in [0.1, 0.15) is 0 Å². The van der Waals surface area contributed by atoms with E-state index in [2.05, 4.69) is 22.4 Å². The number of aliphatic hydroxyl groups is 1. The van der Waals surface area contributed by atoms with Crippen molar-refractivity contribution in [2.45, 2.75) is 25.0 Å². The molecule has 2 aliphatic rings. The van der Waals surface area contributed by atoms with Gasteiger partial charge in [0.25, 0.3) is 0 Å². The zero-order chi connectivity index (χ0) is 9.10. The molecule has 3 heteroatoms. The second-order valence-corrected chi connectivity index (χ2v) is 3.86. The molecule has 2 unspecified atom stereocenters. The first-order valence-corrected chi connectivity index (χ1v) is 5.16. The van der Waals surface area contributed by atoms with Gasteiger partial charge in [-0.15, -0.1) is 0 Å². The molecule has 74 valence electrons. The fourth-order valence-corrected chi connectivity index (χ4v) is 2.19.